The minimum absolute atomic E-state index is 0.157. The molecule has 6 aromatic rings. The molecule has 3 aromatic heterocycles. The highest BCUT2D eigenvalue weighted by atomic mass is 32.1. The highest BCUT2D eigenvalue weighted by molar-refractivity contribution is 7.10. The molecule has 3 aromatic carbocycles. The first kappa shape index (κ1) is 41.5. The summed E-state index contributed by atoms with van der Waals surface area (Å²) in [6, 6.07) is 30.1. The van der Waals surface area contributed by atoms with Gasteiger partial charge in [-0.1, -0.05) is 92.8 Å². The summed E-state index contributed by atoms with van der Waals surface area (Å²) in [6.45, 7) is 9.03. The highest BCUT2D eigenvalue weighted by Gasteiger charge is 2.24. The van der Waals surface area contributed by atoms with E-state index in [1.54, 1.807) is 17.6 Å². The third-order valence-corrected chi connectivity index (χ3v) is 12.8. The lowest BCUT2D eigenvalue weighted by atomic mass is 10.0. The van der Waals surface area contributed by atoms with Gasteiger partial charge in [-0.3, -0.25) is 9.69 Å². The molecule has 2 aliphatic heterocycles. The SMILES string of the molecule is Cc1nn2c(N3CCN(CCO)CC3)cc(-c3cccc(CCCCCCCCCN(C)Cc4ccc(OCc5scc6c5C=NC6=O)cc4)c3)nc2c1-c1ccccc1. The summed E-state index contributed by atoms with van der Waals surface area (Å²) in [5.74, 6) is 1.75. The number of nitrogens with zero attached hydrogens (tertiary/aromatic N) is 7. The first-order valence-electron chi connectivity index (χ1n) is 21.7. The van der Waals surface area contributed by atoms with Gasteiger partial charge in [-0.2, -0.15) is 9.61 Å². The number of piperazine rings is 1. The molecular weight excluding hydrogens is 767 g/mol. The maximum Gasteiger partial charge on any atom is 0.278 e. The Morgan fingerprint density at radius 3 is 2.37 bits per heavy atom. The van der Waals surface area contributed by atoms with Crippen molar-refractivity contribution >= 4 is 34.9 Å². The van der Waals surface area contributed by atoms with Gasteiger partial charge in [-0.05, 0) is 74.7 Å². The van der Waals surface area contributed by atoms with E-state index in [1.807, 2.05) is 22.0 Å². The third-order valence-electron chi connectivity index (χ3n) is 11.8. The van der Waals surface area contributed by atoms with Crippen LogP contribution in [-0.2, 0) is 19.6 Å². The summed E-state index contributed by atoms with van der Waals surface area (Å²) < 4.78 is 8.05. The molecule has 0 bridgehead atoms. The summed E-state index contributed by atoms with van der Waals surface area (Å²) in [4.78, 5) is 29.1. The van der Waals surface area contributed by atoms with Gasteiger partial charge in [0, 0.05) is 73.6 Å². The summed E-state index contributed by atoms with van der Waals surface area (Å²) >= 11 is 1.55. The van der Waals surface area contributed by atoms with Gasteiger partial charge in [-0.25, -0.2) is 9.98 Å². The monoisotopic (exact) mass is 823 g/mol. The number of aryl methyl sites for hydroxylation is 2. The average Bonchev–Trinajstić information content (AvgIpc) is 3.96. The molecule has 0 aliphatic carbocycles. The normalized spacial score (nSPS) is 14.2. The van der Waals surface area contributed by atoms with Crippen molar-refractivity contribution in [2.45, 2.75) is 71.4 Å². The number of aliphatic hydroxyl groups excluding tert-OH is 1. The zero-order chi connectivity index (χ0) is 41.3. The predicted molar refractivity (Wildman–Crippen MR) is 244 cm³/mol. The number of hydrogen-bond acceptors (Lipinski definition) is 9. The lowest BCUT2D eigenvalue weighted by molar-refractivity contribution is 0.101. The predicted octanol–water partition coefficient (Wildman–Crippen LogP) is 9.10. The Bertz CT molecular complexity index is 2380. The zero-order valence-electron chi connectivity index (χ0n) is 35.1. The van der Waals surface area contributed by atoms with Crippen molar-refractivity contribution in [3.8, 4) is 28.1 Å². The molecule has 0 unspecified atom stereocenters. The number of amides is 1. The number of β-amino-alcohol motifs (C(OH)–C–C–N with tert-alkyl or cyclic N) is 1. The Labute approximate surface area is 358 Å². The molecular formula is C49H57N7O3S. The van der Waals surface area contributed by atoms with Gasteiger partial charge in [0.2, 0.25) is 0 Å². The van der Waals surface area contributed by atoms with Crippen LogP contribution in [0.1, 0.15) is 82.6 Å². The van der Waals surface area contributed by atoms with Crippen LogP contribution < -0.4 is 9.64 Å². The molecule has 11 heteroatoms. The second-order valence-electron chi connectivity index (χ2n) is 16.3. The van der Waals surface area contributed by atoms with Gasteiger partial charge >= 0.3 is 0 Å². The van der Waals surface area contributed by atoms with Crippen LogP contribution in [0.3, 0.4) is 0 Å². The van der Waals surface area contributed by atoms with E-state index in [0.717, 1.165) is 101 Å². The van der Waals surface area contributed by atoms with Gasteiger partial charge < -0.3 is 19.6 Å². The number of carbonyl (C=O) groups excluding carboxylic acids is 1. The molecule has 10 nitrogen and oxygen atoms in total. The highest BCUT2D eigenvalue weighted by Crippen LogP contribution is 2.34. The van der Waals surface area contributed by atoms with Gasteiger partial charge in [0.1, 0.15) is 18.2 Å². The molecule has 1 N–H and O–H groups in total. The fourth-order valence-electron chi connectivity index (χ4n) is 8.50. The largest absolute Gasteiger partial charge is 0.488 e. The summed E-state index contributed by atoms with van der Waals surface area (Å²) in [5.41, 5.74) is 10.4. The number of ether oxygens (including phenoxy) is 1. The van der Waals surface area contributed by atoms with Crippen molar-refractivity contribution < 1.29 is 14.6 Å². The van der Waals surface area contributed by atoms with Crippen molar-refractivity contribution in [1.29, 1.82) is 0 Å². The minimum Gasteiger partial charge on any atom is -0.488 e. The number of anilines is 1. The summed E-state index contributed by atoms with van der Waals surface area (Å²) in [6.07, 6.45) is 11.5. The maximum atomic E-state index is 11.8. The van der Waals surface area contributed by atoms with E-state index in [-0.39, 0.29) is 12.5 Å². The Balaban J connectivity index is 0.778. The lowest BCUT2D eigenvalue weighted by Crippen LogP contribution is -2.47. The van der Waals surface area contributed by atoms with Crippen LogP contribution in [0.4, 0.5) is 5.82 Å². The van der Waals surface area contributed by atoms with E-state index in [4.69, 9.17) is 14.8 Å². The number of aliphatic hydroxyl groups is 1. The van der Waals surface area contributed by atoms with Crippen molar-refractivity contribution in [2.75, 3.05) is 57.8 Å². The Hall–Kier alpha value is -5.20. The van der Waals surface area contributed by atoms with Crippen molar-refractivity contribution in [3.63, 3.8) is 0 Å². The number of rotatable bonds is 20. The van der Waals surface area contributed by atoms with Crippen LogP contribution in [0.15, 0.2) is 95.3 Å². The van der Waals surface area contributed by atoms with E-state index >= 15 is 0 Å². The van der Waals surface area contributed by atoms with Crippen LogP contribution in [-0.4, -0.2) is 94.5 Å². The average molecular weight is 824 g/mol. The standard InChI is InChI=1S/C49H57N7O3S/c1-36-47(39-16-10-8-11-17-39)48-51-44(31-46(56(48)52-36)55-26-24-54(25-27-55)28-29-57)40-18-13-15-37(30-40)14-9-6-4-3-5-7-12-23-53(2)33-38-19-21-41(22-20-38)59-34-45-42-32-50-49(58)43(42)35-60-45/h8,10-11,13,15-22,30-32,35,57H,3-7,9,12,14,23-29,33-34H2,1-2H3. The fraction of sp³-hybridized carbons (Fsp3) is 0.388. The first-order valence-corrected chi connectivity index (χ1v) is 22.5. The van der Waals surface area contributed by atoms with Crippen LogP contribution >= 0.6 is 11.3 Å². The van der Waals surface area contributed by atoms with E-state index in [2.05, 4.69) is 106 Å². The molecule has 0 spiro atoms. The number of aliphatic imine (C=N–C) groups is 1. The van der Waals surface area contributed by atoms with E-state index in [0.29, 0.717) is 18.7 Å². The number of hydrogen-bond donors (Lipinski definition) is 1. The number of carbonyl (C=O) groups is 1. The number of fused-ring (bicyclic) bond motifs is 2. The molecule has 1 fully saturated rings. The zero-order valence-corrected chi connectivity index (χ0v) is 35.9. The number of unbranched alkanes of at least 4 members (excludes halogenated alkanes) is 6. The van der Waals surface area contributed by atoms with Crippen LogP contribution in [0, 0.1) is 6.92 Å². The fourth-order valence-corrected chi connectivity index (χ4v) is 9.40. The Morgan fingerprint density at radius 1 is 0.833 bits per heavy atom. The molecule has 8 rings (SSSR count). The van der Waals surface area contributed by atoms with Gasteiger partial charge in [-0.15, -0.1) is 11.3 Å². The van der Waals surface area contributed by atoms with Crippen LogP contribution in [0.25, 0.3) is 28.0 Å². The second-order valence-corrected chi connectivity index (χ2v) is 17.2. The van der Waals surface area contributed by atoms with Crippen molar-refractivity contribution in [1.82, 2.24) is 24.4 Å². The number of thiophene rings is 1. The third kappa shape index (κ3) is 10.0. The smallest absolute Gasteiger partial charge is 0.278 e. The number of benzene rings is 3. The van der Waals surface area contributed by atoms with Crippen molar-refractivity contribution in [2.24, 2.45) is 4.99 Å². The lowest BCUT2D eigenvalue weighted by Gasteiger charge is -2.35. The molecule has 0 atom stereocenters. The summed E-state index contributed by atoms with van der Waals surface area (Å²) in [7, 11) is 2.20. The second kappa shape index (κ2) is 19.9. The van der Waals surface area contributed by atoms with Gasteiger partial charge in [0.05, 0.1) is 28.4 Å². The van der Waals surface area contributed by atoms with Crippen molar-refractivity contribution in [3.05, 3.63) is 123 Å². The maximum absolute atomic E-state index is 11.8. The molecule has 0 radical (unpaired) electrons. The van der Waals surface area contributed by atoms with E-state index < -0.39 is 0 Å². The Kier molecular flexibility index (Phi) is 13.8. The molecule has 1 saturated heterocycles. The van der Waals surface area contributed by atoms with Gasteiger partial charge in [0.15, 0.2) is 5.65 Å². The minimum atomic E-state index is -0.157. The molecule has 2 aliphatic rings. The van der Waals surface area contributed by atoms with Gasteiger partial charge in [0.25, 0.3) is 5.91 Å². The molecule has 1 amide bonds. The van der Waals surface area contributed by atoms with E-state index in [9.17, 15) is 9.90 Å². The molecule has 312 valence electrons. The van der Waals surface area contributed by atoms with E-state index in [1.165, 1.54) is 56.1 Å². The Morgan fingerprint density at radius 2 is 1.58 bits per heavy atom. The van der Waals surface area contributed by atoms with Crippen LogP contribution in [0.5, 0.6) is 5.75 Å². The summed E-state index contributed by atoms with van der Waals surface area (Å²) in [5, 5.41) is 16.4. The molecule has 0 saturated carbocycles. The number of aromatic nitrogens is 3. The molecule has 5 heterocycles. The topological polar surface area (TPSA) is 98.8 Å². The quantitative estimate of drug-likeness (QED) is 0.0762. The van der Waals surface area contributed by atoms with Crippen LogP contribution in [0.2, 0.25) is 0 Å². The first-order chi connectivity index (χ1) is 29.4. The molecule has 60 heavy (non-hydrogen) atoms.